The normalized spacial score (nSPS) is 12.2. The van der Waals surface area contributed by atoms with Crippen molar-refractivity contribution in [1.82, 2.24) is 15.3 Å². The van der Waals surface area contributed by atoms with Crippen molar-refractivity contribution in [2.24, 2.45) is 0 Å². The molecule has 0 saturated heterocycles. The lowest BCUT2D eigenvalue weighted by atomic mass is 10.0. The van der Waals surface area contributed by atoms with Gasteiger partial charge in [0.2, 0.25) is 5.91 Å². The van der Waals surface area contributed by atoms with E-state index >= 15 is 0 Å². The van der Waals surface area contributed by atoms with Crippen LogP contribution >= 0.6 is 0 Å². The first-order chi connectivity index (χ1) is 12.8. The quantitative estimate of drug-likeness (QED) is 0.739. The highest BCUT2D eigenvalue weighted by atomic mass is 19.1. The maximum Gasteiger partial charge on any atom is 0.252 e. The summed E-state index contributed by atoms with van der Waals surface area (Å²) >= 11 is 0. The van der Waals surface area contributed by atoms with Crippen LogP contribution in [0.15, 0.2) is 35.3 Å². The van der Waals surface area contributed by atoms with Crippen LogP contribution in [0.25, 0.3) is 10.9 Å². The highest BCUT2D eigenvalue weighted by Crippen LogP contribution is 2.21. The van der Waals surface area contributed by atoms with E-state index in [1.54, 1.807) is 26.1 Å². The number of halogens is 2. The van der Waals surface area contributed by atoms with Crippen LogP contribution in [0.3, 0.4) is 0 Å². The number of hydrogen-bond acceptors (Lipinski definition) is 3. The second kappa shape index (κ2) is 7.26. The van der Waals surface area contributed by atoms with Crippen molar-refractivity contribution in [3.8, 4) is 0 Å². The molecule has 3 aromatic rings. The second-order valence-corrected chi connectivity index (χ2v) is 6.51. The Bertz CT molecular complexity index is 1090. The van der Waals surface area contributed by atoms with Crippen LogP contribution in [0.4, 0.5) is 8.78 Å². The molecule has 0 bridgehead atoms. The third-order valence-electron chi connectivity index (χ3n) is 4.63. The van der Waals surface area contributed by atoms with Crippen molar-refractivity contribution in [1.29, 1.82) is 0 Å². The Hall–Kier alpha value is -3.09. The van der Waals surface area contributed by atoms with E-state index in [0.29, 0.717) is 16.6 Å². The standard InChI is InChI=1S/C20H19F2N3O2/c1-10-15(20(27)25-17-6-7-23-12(3)19(10)17)9-18(26)24-11(2)14-5-4-13(21)8-16(14)22/h4-8,11H,9H2,1-3H3,(H,24,26)(H,25,27)/t11-/m0/s1. The van der Waals surface area contributed by atoms with Gasteiger partial charge in [-0.05, 0) is 38.5 Å². The van der Waals surface area contributed by atoms with Crippen molar-refractivity contribution in [2.45, 2.75) is 33.2 Å². The minimum atomic E-state index is -0.732. The minimum absolute atomic E-state index is 0.154. The third kappa shape index (κ3) is 3.72. The number of aromatic nitrogens is 2. The Morgan fingerprint density at radius 1 is 1.26 bits per heavy atom. The van der Waals surface area contributed by atoms with Crippen LogP contribution in [0.1, 0.15) is 35.3 Å². The number of nitrogens with zero attached hydrogens (tertiary/aromatic N) is 1. The second-order valence-electron chi connectivity index (χ2n) is 6.51. The Morgan fingerprint density at radius 2 is 2.00 bits per heavy atom. The highest BCUT2D eigenvalue weighted by molar-refractivity contribution is 5.87. The maximum absolute atomic E-state index is 13.9. The SMILES string of the molecule is Cc1nccc2[nH]c(=O)c(CC(=O)N[C@@H](C)c3ccc(F)cc3F)c(C)c12. The van der Waals surface area contributed by atoms with Crippen molar-refractivity contribution >= 4 is 16.8 Å². The number of fused-ring (bicyclic) bond motifs is 1. The highest BCUT2D eigenvalue weighted by Gasteiger charge is 2.18. The lowest BCUT2D eigenvalue weighted by molar-refractivity contribution is -0.121. The number of nitrogens with one attached hydrogen (secondary N) is 2. The number of benzene rings is 1. The minimum Gasteiger partial charge on any atom is -0.349 e. The summed E-state index contributed by atoms with van der Waals surface area (Å²) in [5.41, 5.74) is 2.27. The molecule has 2 aromatic heterocycles. The third-order valence-corrected chi connectivity index (χ3v) is 4.63. The average molecular weight is 371 g/mol. The van der Waals surface area contributed by atoms with E-state index < -0.39 is 23.6 Å². The zero-order chi connectivity index (χ0) is 19.7. The molecule has 5 nitrogen and oxygen atoms in total. The van der Waals surface area contributed by atoms with Gasteiger partial charge < -0.3 is 10.3 Å². The zero-order valence-corrected chi connectivity index (χ0v) is 15.2. The van der Waals surface area contributed by atoms with E-state index in [4.69, 9.17) is 0 Å². The first-order valence-corrected chi connectivity index (χ1v) is 8.49. The molecular formula is C20H19F2N3O2. The molecule has 2 N–H and O–H groups in total. The molecule has 27 heavy (non-hydrogen) atoms. The molecule has 0 aliphatic carbocycles. The molecule has 1 atom stereocenters. The van der Waals surface area contributed by atoms with E-state index in [2.05, 4.69) is 15.3 Å². The number of pyridine rings is 2. The summed E-state index contributed by atoms with van der Waals surface area (Å²) in [5.74, 6) is -1.85. The molecule has 2 heterocycles. The van der Waals surface area contributed by atoms with Crippen molar-refractivity contribution in [3.05, 3.63) is 74.8 Å². The van der Waals surface area contributed by atoms with Crippen molar-refractivity contribution < 1.29 is 13.6 Å². The van der Waals surface area contributed by atoms with Gasteiger partial charge in [-0.3, -0.25) is 14.6 Å². The lowest BCUT2D eigenvalue weighted by Gasteiger charge is -2.16. The smallest absolute Gasteiger partial charge is 0.252 e. The van der Waals surface area contributed by atoms with Gasteiger partial charge in [-0.15, -0.1) is 0 Å². The van der Waals surface area contributed by atoms with E-state index in [-0.39, 0.29) is 17.5 Å². The summed E-state index contributed by atoms with van der Waals surface area (Å²) in [6, 6.07) is 4.24. The molecule has 7 heteroatoms. The van der Waals surface area contributed by atoms with Gasteiger partial charge in [-0.25, -0.2) is 8.78 Å². The van der Waals surface area contributed by atoms with Gasteiger partial charge in [0.15, 0.2) is 0 Å². The molecule has 0 saturated carbocycles. The number of aromatic amines is 1. The van der Waals surface area contributed by atoms with E-state index in [1.807, 2.05) is 6.92 Å². The lowest BCUT2D eigenvalue weighted by Crippen LogP contribution is -2.31. The summed E-state index contributed by atoms with van der Waals surface area (Å²) in [6.45, 7) is 5.20. The summed E-state index contributed by atoms with van der Waals surface area (Å²) in [6.07, 6.45) is 1.46. The molecule has 0 aliphatic rings. The molecule has 0 unspecified atom stereocenters. The fourth-order valence-corrected chi connectivity index (χ4v) is 3.26. The molecule has 0 fully saturated rings. The van der Waals surface area contributed by atoms with Crippen LogP contribution in [-0.2, 0) is 11.2 Å². The Kier molecular flexibility index (Phi) is 5.03. The monoisotopic (exact) mass is 371 g/mol. The average Bonchev–Trinajstić information content (AvgIpc) is 2.58. The Balaban J connectivity index is 1.86. The van der Waals surface area contributed by atoms with Gasteiger partial charge in [-0.1, -0.05) is 6.07 Å². The predicted molar refractivity (Wildman–Crippen MR) is 98.5 cm³/mol. The molecule has 1 amide bonds. The van der Waals surface area contributed by atoms with Crippen LogP contribution in [-0.4, -0.2) is 15.9 Å². The molecule has 3 rings (SSSR count). The van der Waals surface area contributed by atoms with Crippen LogP contribution in [0.5, 0.6) is 0 Å². The fourth-order valence-electron chi connectivity index (χ4n) is 3.26. The van der Waals surface area contributed by atoms with Gasteiger partial charge in [0.1, 0.15) is 11.6 Å². The van der Waals surface area contributed by atoms with Crippen LogP contribution in [0.2, 0.25) is 0 Å². The Labute approximate surface area is 154 Å². The number of carbonyl (C=O) groups is 1. The van der Waals surface area contributed by atoms with E-state index in [9.17, 15) is 18.4 Å². The number of hydrogen-bond donors (Lipinski definition) is 2. The number of rotatable bonds is 4. The molecule has 0 aliphatic heterocycles. The first-order valence-electron chi connectivity index (χ1n) is 8.49. The van der Waals surface area contributed by atoms with E-state index in [0.717, 1.165) is 23.2 Å². The summed E-state index contributed by atoms with van der Waals surface area (Å²) < 4.78 is 26.9. The topological polar surface area (TPSA) is 74.8 Å². The molecule has 0 spiro atoms. The molecular weight excluding hydrogens is 352 g/mol. The molecule has 140 valence electrons. The summed E-state index contributed by atoms with van der Waals surface area (Å²) in [4.78, 5) is 31.8. The number of aryl methyl sites for hydroxylation is 2. The summed E-state index contributed by atoms with van der Waals surface area (Å²) in [5, 5.41) is 3.46. The van der Waals surface area contributed by atoms with E-state index in [1.165, 1.54) is 6.07 Å². The molecule has 1 aromatic carbocycles. The van der Waals surface area contributed by atoms with Crippen molar-refractivity contribution in [3.63, 3.8) is 0 Å². The van der Waals surface area contributed by atoms with Crippen LogP contribution < -0.4 is 10.9 Å². The van der Waals surface area contributed by atoms with Crippen LogP contribution in [0, 0.1) is 25.5 Å². The number of H-pyrrole nitrogens is 1. The predicted octanol–water partition coefficient (Wildman–Crippen LogP) is 3.24. The number of amides is 1. The fraction of sp³-hybridized carbons (Fsp3) is 0.250. The van der Waals surface area contributed by atoms with Gasteiger partial charge in [0, 0.05) is 34.5 Å². The molecule has 0 radical (unpaired) electrons. The maximum atomic E-state index is 13.9. The van der Waals surface area contributed by atoms with Crippen molar-refractivity contribution in [2.75, 3.05) is 0 Å². The summed E-state index contributed by atoms with van der Waals surface area (Å²) in [7, 11) is 0. The van der Waals surface area contributed by atoms with Gasteiger partial charge >= 0.3 is 0 Å². The Morgan fingerprint density at radius 3 is 2.70 bits per heavy atom. The van der Waals surface area contributed by atoms with Gasteiger partial charge in [0.05, 0.1) is 18.0 Å². The van der Waals surface area contributed by atoms with Gasteiger partial charge in [-0.2, -0.15) is 0 Å². The first kappa shape index (κ1) is 18.7. The zero-order valence-electron chi connectivity index (χ0n) is 15.2. The largest absolute Gasteiger partial charge is 0.349 e. The van der Waals surface area contributed by atoms with Gasteiger partial charge in [0.25, 0.3) is 5.56 Å². The number of carbonyl (C=O) groups excluding carboxylic acids is 1.